The monoisotopic (exact) mass is 566 g/mol. The van der Waals surface area contributed by atoms with Gasteiger partial charge in [0.2, 0.25) is 6.79 Å². The van der Waals surface area contributed by atoms with Crippen LogP contribution in [0.15, 0.2) is 52.8 Å². The van der Waals surface area contributed by atoms with Crippen LogP contribution in [0.5, 0.6) is 17.2 Å². The summed E-state index contributed by atoms with van der Waals surface area (Å²) in [6.45, 7) is 2.57. The lowest BCUT2D eigenvalue weighted by atomic mass is 10.1. The van der Waals surface area contributed by atoms with E-state index in [1.54, 1.807) is 6.92 Å². The number of hydrogen-bond donors (Lipinski definition) is 2. The Hall–Kier alpha value is -4.20. The van der Waals surface area contributed by atoms with Crippen LogP contribution in [0.2, 0.25) is 0 Å². The van der Waals surface area contributed by atoms with E-state index in [4.69, 9.17) is 14.2 Å². The van der Waals surface area contributed by atoms with E-state index >= 15 is 0 Å². The first-order valence-electron chi connectivity index (χ1n) is 11.9. The number of ether oxygens (including phenoxy) is 4. The van der Waals surface area contributed by atoms with Gasteiger partial charge in [-0.3, -0.25) is 4.79 Å². The minimum absolute atomic E-state index is 0.140. The Morgan fingerprint density at radius 1 is 1.10 bits per heavy atom. The molecule has 0 saturated heterocycles. The number of rotatable bonds is 10. The largest absolute Gasteiger partial charge is 0.573 e. The topological polar surface area (TPSA) is 112 Å². The normalized spacial score (nSPS) is 12.8. The summed E-state index contributed by atoms with van der Waals surface area (Å²) < 4.78 is 59.0. The highest BCUT2D eigenvalue weighted by molar-refractivity contribution is 7.07. The summed E-state index contributed by atoms with van der Waals surface area (Å²) in [5.41, 5.74) is 2.13. The molecule has 3 aromatic rings. The van der Waals surface area contributed by atoms with E-state index in [1.807, 2.05) is 28.1 Å². The molecule has 1 aliphatic heterocycles. The smallest absolute Gasteiger partial charge is 0.465 e. The number of alkyl halides is 3. The van der Waals surface area contributed by atoms with E-state index < -0.39 is 18.4 Å². The van der Waals surface area contributed by atoms with Crippen LogP contribution in [0.4, 0.5) is 23.7 Å². The summed E-state index contributed by atoms with van der Waals surface area (Å²) >= 11 is 1.36. The van der Waals surface area contributed by atoms with Gasteiger partial charge in [0.15, 0.2) is 16.3 Å². The van der Waals surface area contributed by atoms with Crippen LogP contribution >= 0.6 is 11.3 Å². The minimum Gasteiger partial charge on any atom is -0.465 e. The van der Waals surface area contributed by atoms with Gasteiger partial charge in [0.05, 0.1) is 18.0 Å². The van der Waals surface area contributed by atoms with Gasteiger partial charge in [-0.05, 0) is 55.8 Å². The quantitative estimate of drug-likeness (QED) is 0.279. The lowest BCUT2D eigenvalue weighted by molar-refractivity contribution is -0.274. The number of aromatic nitrogens is 1. The molecule has 2 aromatic carbocycles. The number of thiazole rings is 1. The van der Waals surface area contributed by atoms with Gasteiger partial charge in [-0.2, -0.15) is 0 Å². The van der Waals surface area contributed by atoms with Gasteiger partial charge in [-0.15, -0.1) is 24.5 Å². The van der Waals surface area contributed by atoms with Gasteiger partial charge in [0.25, 0.3) is 0 Å². The number of esters is 1. The second-order valence-electron chi connectivity index (χ2n) is 8.04. The highest BCUT2D eigenvalue weighted by Gasteiger charge is 2.31. The first kappa shape index (κ1) is 27.8. The zero-order valence-corrected chi connectivity index (χ0v) is 21.6. The van der Waals surface area contributed by atoms with Gasteiger partial charge in [0.1, 0.15) is 12.3 Å². The van der Waals surface area contributed by atoms with E-state index in [2.05, 4.69) is 20.4 Å². The van der Waals surface area contributed by atoms with Crippen molar-refractivity contribution >= 4 is 29.0 Å². The van der Waals surface area contributed by atoms with Crippen molar-refractivity contribution in [2.75, 3.05) is 26.5 Å². The number of amides is 2. The molecular formula is C25H25F3N4O6S. The molecule has 2 heterocycles. The van der Waals surface area contributed by atoms with Crippen molar-refractivity contribution in [3.8, 4) is 28.5 Å². The van der Waals surface area contributed by atoms with Crippen LogP contribution in [0.3, 0.4) is 0 Å². The van der Waals surface area contributed by atoms with E-state index in [9.17, 15) is 22.8 Å². The van der Waals surface area contributed by atoms with E-state index in [-0.39, 0.29) is 25.7 Å². The van der Waals surface area contributed by atoms with Crippen molar-refractivity contribution in [3.05, 3.63) is 52.6 Å². The lowest BCUT2D eigenvalue weighted by Crippen LogP contribution is -2.39. The molecule has 1 aliphatic rings. The number of urea groups is 1. The molecular weight excluding hydrogens is 541 g/mol. The molecule has 39 heavy (non-hydrogen) atoms. The number of nitrogens with zero attached hydrogens (tertiary/aromatic N) is 2. The molecule has 0 fully saturated rings. The maximum atomic E-state index is 12.5. The third kappa shape index (κ3) is 7.89. The van der Waals surface area contributed by atoms with Crippen LogP contribution < -0.4 is 29.6 Å². The van der Waals surface area contributed by atoms with Crippen molar-refractivity contribution < 1.29 is 41.7 Å². The molecule has 0 radical (unpaired) electrons. The fraction of sp³-hybridized carbons (Fsp3) is 0.320. The third-order valence-electron chi connectivity index (χ3n) is 5.30. The average molecular weight is 567 g/mol. The van der Waals surface area contributed by atoms with E-state index in [1.165, 1.54) is 35.6 Å². The van der Waals surface area contributed by atoms with Gasteiger partial charge in [-0.25, -0.2) is 9.79 Å². The van der Waals surface area contributed by atoms with Crippen molar-refractivity contribution in [1.29, 1.82) is 0 Å². The maximum Gasteiger partial charge on any atom is 0.573 e. The summed E-state index contributed by atoms with van der Waals surface area (Å²) in [7, 11) is 0. The number of carbonyl (C=O) groups excluding carboxylic acids is 2. The Balaban J connectivity index is 1.50. The Labute approximate surface area is 225 Å². The van der Waals surface area contributed by atoms with Crippen molar-refractivity contribution in [2.24, 2.45) is 4.99 Å². The van der Waals surface area contributed by atoms with Crippen molar-refractivity contribution in [2.45, 2.75) is 26.3 Å². The third-order valence-corrected chi connectivity index (χ3v) is 6.17. The van der Waals surface area contributed by atoms with Crippen molar-refractivity contribution in [1.82, 2.24) is 15.2 Å². The number of benzene rings is 2. The predicted molar refractivity (Wildman–Crippen MR) is 135 cm³/mol. The van der Waals surface area contributed by atoms with Crippen molar-refractivity contribution in [3.63, 3.8) is 0 Å². The van der Waals surface area contributed by atoms with Gasteiger partial charge < -0.3 is 34.1 Å². The summed E-state index contributed by atoms with van der Waals surface area (Å²) in [5, 5.41) is 7.03. The highest BCUT2D eigenvalue weighted by Crippen LogP contribution is 2.36. The molecule has 1 aromatic heterocycles. The number of fused-ring (bicyclic) bond motifs is 1. The summed E-state index contributed by atoms with van der Waals surface area (Å²) in [6, 6.07) is 10.3. The molecule has 10 nitrogen and oxygen atoms in total. The fourth-order valence-corrected chi connectivity index (χ4v) is 4.58. The first-order chi connectivity index (χ1) is 18.7. The van der Waals surface area contributed by atoms with Crippen LogP contribution in [-0.4, -0.2) is 49.4 Å². The van der Waals surface area contributed by atoms with Crippen LogP contribution in [-0.2, 0) is 16.1 Å². The molecule has 0 atom stereocenters. The Kier molecular flexibility index (Phi) is 8.96. The lowest BCUT2D eigenvalue weighted by Gasteiger charge is -2.11. The summed E-state index contributed by atoms with van der Waals surface area (Å²) in [6.07, 6.45) is -4.26. The second kappa shape index (κ2) is 12.6. The molecule has 0 aliphatic carbocycles. The number of hydrogen-bond acceptors (Lipinski definition) is 8. The standard InChI is InChI=1S/C25H25F3N4O6S/c1-2-35-22(33)13-30-23(34)29-10-3-11-32-19(16-4-9-20-21(12-16)37-15-36-20)14-39-24(32)31-17-5-7-18(8-6-17)38-25(26,27)28/h4-9,12,14H,2-3,10-11,13,15H2,1H3,(H2,29,30,34)/b31-24-. The zero-order chi connectivity index (χ0) is 27.8. The Bertz CT molecular complexity index is 1370. The predicted octanol–water partition coefficient (Wildman–Crippen LogP) is 4.33. The first-order valence-corrected chi connectivity index (χ1v) is 12.8. The van der Waals surface area contributed by atoms with E-state index in [0.29, 0.717) is 41.5 Å². The highest BCUT2D eigenvalue weighted by atomic mass is 32.1. The fourth-order valence-electron chi connectivity index (χ4n) is 3.62. The molecule has 2 N–H and O–H groups in total. The zero-order valence-electron chi connectivity index (χ0n) is 20.7. The average Bonchev–Trinajstić information content (AvgIpc) is 3.52. The van der Waals surface area contributed by atoms with Crippen LogP contribution in [0.25, 0.3) is 11.3 Å². The van der Waals surface area contributed by atoms with E-state index in [0.717, 1.165) is 11.3 Å². The molecule has 2 amide bonds. The number of nitrogens with one attached hydrogen (secondary N) is 2. The molecule has 208 valence electrons. The SMILES string of the molecule is CCOC(=O)CNC(=O)NCCCn1c(-c2ccc3c(c2)OCO3)cs/c1=N\c1ccc(OC(F)(F)F)cc1. The molecule has 0 bridgehead atoms. The summed E-state index contributed by atoms with van der Waals surface area (Å²) in [4.78, 5) is 28.6. The molecule has 14 heteroatoms. The molecule has 0 saturated carbocycles. The van der Waals surface area contributed by atoms with Gasteiger partial charge >= 0.3 is 18.4 Å². The molecule has 0 spiro atoms. The number of carbonyl (C=O) groups is 2. The van der Waals surface area contributed by atoms with Gasteiger partial charge in [0, 0.05) is 24.0 Å². The molecule has 4 rings (SSSR count). The minimum atomic E-state index is -4.78. The Morgan fingerprint density at radius 3 is 2.62 bits per heavy atom. The Morgan fingerprint density at radius 2 is 1.87 bits per heavy atom. The summed E-state index contributed by atoms with van der Waals surface area (Å²) in [5.74, 6) is 0.390. The van der Waals surface area contributed by atoms with Crippen LogP contribution in [0.1, 0.15) is 13.3 Å². The number of halogens is 3. The van der Waals surface area contributed by atoms with Gasteiger partial charge in [-0.1, -0.05) is 0 Å². The van der Waals surface area contributed by atoms with Crippen LogP contribution in [0, 0.1) is 0 Å². The maximum absolute atomic E-state index is 12.5. The second-order valence-corrected chi connectivity index (χ2v) is 8.88. The molecule has 0 unspecified atom stereocenters.